The molecule has 2 heteroatoms. The number of benzene rings is 1. The van der Waals surface area contributed by atoms with E-state index in [0.717, 1.165) is 6.54 Å². The number of rotatable bonds is 1. The minimum Gasteiger partial charge on any atom is -0.316 e. The lowest BCUT2D eigenvalue weighted by Gasteiger charge is -2.42. The molecule has 1 atom stereocenters. The first-order chi connectivity index (χ1) is 9.11. The van der Waals surface area contributed by atoms with E-state index in [0.29, 0.717) is 11.3 Å². The largest absolute Gasteiger partial charge is 0.316 e. The Kier molecular flexibility index (Phi) is 3.40. The number of hydrogen-bond donors (Lipinski definition) is 1. The second kappa shape index (κ2) is 4.92. The minimum absolute atomic E-state index is 0.506. The second-order valence-corrected chi connectivity index (χ2v) is 6.71. The zero-order valence-corrected chi connectivity index (χ0v) is 12.5. The summed E-state index contributed by atoms with van der Waals surface area (Å²) in [5, 5.41) is 3.67. The number of nitrogens with one attached hydrogen (secondary N) is 1. The van der Waals surface area contributed by atoms with Crippen LogP contribution in [0.3, 0.4) is 0 Å². The molecule has 2 aliphatic rings. The molecule has 1 aromatic rings. The van der Waals surface area contributed by atoms with Crippen LogP contribution in [0.4, 0.5) is 0 Å². The van der Waals surface area contributed by atoms with Crippen molar-refractivity contribution in [1.82, 2.24) is 10.2 Å². The van der Waals surface area contributed by atoms with Gasteiger partial charge in [0.15, 0.2) is 0 Å². The predicted molar refractivity (Wildman–Crippen MR) is 80.7 cm³/mol. The first kappa shape index (κ1) is 13.1. The van der Waals surface area contributed by atoms with Gasteiger partial charge in [0.05, 0.1) is 0 Å². The van der Waals surface area contributed by atoms with Crippen LogP contribution in [-0.4, -0.2) is 38.1 Å². The number of hydrogen-bond acceptors (Lipinski definition) is 2. The summed E-state index contributed by atoms with van der Waals surface area (Å²) < 4.78 is 0. The number of nitrogens with zero attached hydrogens (tertiary/aromatic N) is 1. The van der Waals surface area contributed by atoms with Crippen LogP contribution in [0.15, 0.2) is 18.2 Å². The highest BCUT2D eigenvalue weighted by Gasteiger charge is 2.45. The maximum Gasteiger partial charge on any atom is 0.00356 e. The fourth-order valence-corrected chi connectivity index (χ4v) is 4.05. The van der Waals surface area contributed by atoms with Crippen LogP contribution in [0.1, 0.15) is 35.4 Å². The molecule has 0 aliphatic carbocycles. The summed E-state index contributed by atoms with van der Waals surface area (Å²) in [6.45, 7) is 9.34. The first-order valence-electron chi connectivity index (χ1n) is 7.57. The van der Waals surface area contributed by atoms with E-state index in [9.17, 15) is 0 Å². The Morgan fingerprint density at radius 2 is 1.95 bits per heavy atom. The summed E-state index contributed by atoms with van der Waals surface area (Å²) in [4.78, 5) is 2.47. The molecular formula is C17H26N2. The minimum atomic E-state index is 0.506. The molecule has 2 aliphatic heterocycles. The average Bonchev–Trinajstić information content (AvgIpc) is 2.77. The summed E-state index contributed by atoms with van der Waals surface area (Å²) in [7, 11) is 2.25. The molecule has 0 amide bonds. The molecule has 19 heavy (non-hydrogen) atoms. The fourth-order valence-electron chi connectivity index (χ4n) is 4.05. The van der Waals surface area contributed by atoms with Crippen molar-refractivity contribution in [2.75, 3.05) is 33.2 Å². The zero-order chi connectivity index (χ0) is 13.5. The summed E-state index contributed by atoms with van der Waals surface area (Å²) in [6, 6.07) is 7.00. The van der Waals surface area contributed by atoms with Gasteiger partial charge in [0.25, 0.3) is 0 Å². The Morgan fingerprint density at radius 1 is 1.21 bits per heavy atom. The predicted octanol–water partition coefficient (Wildman–Crippen LogP) is 2.70. The van der Waals surface area contributed by atoms with Crippen molar-refractivity contribution >= 4 is 0 Å². The van der Waals surface area contributed by atoms with Crippen molar-refractivity contribution in [2.24, 2.45) is 5.41 Å². The van der Waals surface area contributed by atoms with Gasteiger partial charge in [-0.3, -0.25) is 0 Å². The number of likely N-dealkylation sites (tertiary alicyclic amines) is 1. The third-order valence-electron chi connectivity index (χ3n) is 5.35. The smallest absolute Gasteiger partial charge is 0.00356 e. The van der Waals surface area contributed by atoms with Crippen molar-refractivity contribution in [3.05, 3.63) is 34.9 Å². The van der Waals surface area contributed by atoms with Crippen LogP contribution in [0, 0.1) is 19.3 Å². The van der Waals surface area contributed by atoms with Crippen LogP contribution >= 0.6 is 0 Å². The highest BCUT2D eigenvalue weighted by molar-refractivity contribution is 5.36. The van der Waals surface area contributed by atoms with Crippen LogP contribution < -0.4 is 5.32 Å². The lowest BCUT2D eigenvalue weighted by molar-refractivity contribution is 0.123. The topological polar surface area (TPSA) is 15.3 Å². The van der Waals surface area contributed by atoms with E-state index >= 15 is 0 Å². The fraction of sp³-hybridized carbons (Fsp3) is 0.647. The first-order valence-corrected chi connectivity index (χ1v) is 7.57. The van der Waals surface area contributed by atoms with Crippen molar-refractivity contribution in [3.63, 3.8) is 0 Å². The average molecular weight is 258 g/mol. The van der Waals surface area contributed by atoms with Crippen molar-refractivity contribution in [2.45, 2.75) is 32.6 Å². The molecule has 0 radical (unpaired) electrons. The monoisotopic (exact) mass is 258 g/mol. The van der Waals surface area contributed by atoms with E-state index in [1.54, 1.807) is 5.56 Å². The summed E-state index contributed by atoms with van der Waals surface area (Å²) in [5.41, 5.74) is 4.95. The second-order valence-electron chi connectivity index (χ2n) is 6.71. The Morgan fingerprint density at radius 3 is 2.63 bits per heavy atom. The summed E-state index contributed by atoms with van der Waals surface area (Å²) in [6.07, 6.45) is 2.68. The quantitative estimate of drug-likeness (QED) is 0.833. The Labute approximate surface area is 117 Å². The maximum atomic E-state index is 3.67. The third kappa shape index (κ3) is 2.32. The lowest BCUT2D eigenvalue weighted by Crippen LogP contribution is -2.42. The molecule has 2 fully saturated rings. The van der Waals surface area contributed by atoms with Gasteiger partial charge in [0.2, 0.25) is 0 Å². The van der Waals surface area contributed by atoms with E-state index < -0.39 is 0 Å². The zero-order valence-electron chi connectivity index (χ0n) is 12.5. The molecular weight excluding hydrogens is 232 g/mol. The van der Waals surface area contributed by atoms with Crippen LogP contribution in [0.25, 0.3) is 0 Å². The molecule has 0 bridgehead atoms. The number of piperidine rings is 1. The molecule has 1 aromatic carbocycles. The van der Waals surface area contributed by atoms with Crippen LogP contribution in [0.2, 0.25) is 0 Å². The summed E-state index contributed by atoms with van der Waals surface area (Å²) in [5.74, 6) is 0.710. The van der Waals surface area contributed by atoms with Gasteiger partial charge < -0.3 is 10.2 Å². The molecule has 1 N–H and O–H groups in total. The van der Waals surface area contributed by atoms with Gasteiger partial charge in [-0.15, -0.1) is 0 Å². The molecule has 0 saturated carbocycles. The van der Waals surface area contributed by atoms with Crippen LogP contribution in [-0.2, 0) is 0 Å². The van der Waals surface area contributed by atoms with Gasteiger partial charge in [0.1, 0.15) is 0 Å². The van der Waals surface area contributed by atoms with E-state index in [1.807, 2.05) is 0 Å². The molecule has 0 aromatic heterocycles. The van der Waals surface area contributed by atoms with Gasteiger partial charge in [-0.05, 0) is 63.4 Å². The van der Waals surface area contributed by atoms with E-state index in [-0.39, 0.29) is 0 Å². The Bertz CT molecular complexity index is 458. The van der Waals surface area contributed by atoms with Gasteiger partial charge in [-0.25, -0.2) is 0 Å². The van der Waals surface area contributed by atoms with Gasteiger partial charge in [-0.1, -0.05) is 23.8 Å². The Hall–Kier alpha value is -0.860. The molecule has 3 rings (SSSR count). The molecule has 2 saturated heterocycles. The molecule has 1 spiro atoms. The highest BCUT2D eigenvalue weighted by atomic mass is 15.1. The Balaban J connectivity index is 1.90. The van der Waals surface area contributed by atoms with Gasteiger partial charge >= 0.3 is 0 Å². The lowest BCUT2D eigenvalue weighted by atomic mass is 9.67. The molecule has 1 unspecified atom stereocenters. The van der Waals surface area contributed by atoms with Crippen molar-refractivity contribution in [3.8, 4) is 0 Å². The van der Waals surface area contributed by atoms with E-state index in [1.165, 1.54) is 43.6 Å². The molecule has 2 heterocycles. The van der Waals surface area contributed by atoms with Crippen molar-refractivity contribution in [1.29, 1.82) is 0 Å². The third-order valence-corrected chi connectivity index (χ3v) is 5.35. The normalized spacial score (nSPS) is 27.0. The number of aryl methyl sites for hydroxylation is 2. The standard InChI is InChI=1S/C17H26N2/c1-13-4-5-15(14(2)10-13)16-11-18-12-17(16)6-8-19(3)9-7-17/h4-5,10,16,18H,6-9,11-12H2,1-3H3. The highest BCUT2D eigenvalue weighted by Crippen LogP contribution is 2.47. The summed E-state index contributed by atoms with van der Waals surface area (Å²) >= 11 is 0. The molecule has 2 nitrogen and oxygen atoms in total. The van der Waals surface area contributed by atoms with E-state index in [2.05, 4.69) is 49.3 Å². The van der Waals surface area contributed by atoms with Crippen molar-refractivity contribution < 1.29 is 0 Å². The van der Waals surface area contributed by atoms with Gasteiger partial charge in [0, 0.05) is 19.0 Å². The SMILES string of the molecule is Cc1ccc(C2CNCC23CCN(C)CC3)c(C)c1. The maximum absolute atomic E-state index is 3.67. The van der Waals surface area contributed by atoms with E-state index in [4.69, 9.17) is 0 Å². The molecule has 104 valence electrons. The van der Waals surface area contributed by atoms with Gasteiger partial charge in [-0.2, -0.15) is 0 Å². The van der Waals surface area contributed by atoms with Crippen LogP contribution in [0.5, 0.6) is 0 Å².